The van der Waals surface area contributed by atoms with Gasteiger partial charge in [-0.1, -0.05) is 5.92 Å². The topological polar surface area (TPSA) is 44.0 Å². The molecule has 0 amide bonds. The second-order valence-corrected chi connectivity index (χ2v) is 1.92. The fourth-order valence-electron chi connectivity index (χ4n) is 0.181. The summed E-state index contributed by atoms with van der Waals surface area (Å²) in [5.74, 6) is 4.41. The van der Waals surface area contributed by atoms with E-state index in [-0.39, 0.29) is 0 Å². The van der Waals surface area contributed by atoms with E-state index in [1.165, 1.54) is 13.8 Å². The Bertz CT molecular complexity index is 160. The lowest BCUT2D eigenvalue weighted by Gasteiger charge is -2.04. The zero-order valence-electron chi connectivity index (χ0n) is 4.89. The predicted molar refractivity (Wildman–Crippen MR) is 29.7 cm³/mol. The SMILES string of the molecule is CC(C)(O)C#CC#N. The van der Waals surface area contributed by atoms with Crippen LogP contribution in [0.1, 0.15) is 13.8 Å². The Morgan fingerprint density at radius 2 is 2.00 bits per heavy atom. The molecule has 0 spiro atoms. The van der Waals surface area contributed by atoms with Crippen molar-refractivity contribution in [3.63, 3.8) is 0 Å². The Morgan fingerprint density at radius 1 is 1.50 bits per heavy atom. The number of rotatable bonds is 0. The minimum absolute atomic E-state index is 1.03. The van der Waals surface area contributed by atoms with Crippen LogP contribution in [0.2, 0.25) is 0 Å². The molecule has 0 atom stereocenters. The maximum Gasteiger partial charge on any atom is 0.152 e. The van der Waals surface area contributed by atoms with Gasteiger partial charge in [0.05, 0.1) is 0 Å². The second kappa shape index (κ2) is 2.35. The van der Waals surface area contributed by atoms with E-state index in [2.05, 4.69) is 11.8 Å². The van der Waals surface area contributed by atoms with E-state index in [4.69, 9.17) is 10.4 Å². The van der Waals surface area contributed by atoms with Crippen LogP contribution in [0.4, 0.5) is 0 Å². The van der Waals surface area contributed by atoms with Gasteiger partial charge in [-0.3, -0.25) is 0 Å². The molecule has 2 heteroatoms. The normalized spacial score (nSPS) is 8.75. The molecule has 1 N–H and O–H groups in total. The Morgan fingerprint density at radius 3 is 2.12 bits per heavy atom. The van der Waals surface area contributed by atoms with Gasteiger partial charge in [0, 0.05) is 5.92 Å². The van der Waals surface area contributed by atoms with Gasteiger partial charge >= 0.3 is 0 Å². The monoisotopic (exact) mass is 109 g/mol. The number of nitriles is 1. The van der Waals surface area contributed by atoms with Crippen molar-refractivity contribution in [3.8, 4) is 17.9 Å². The van der Waals surface area contributed by atoms with Gasteiger partial charge in [0.2, 0.25) is 0 Å². The van der Waals surface area contributed by atoms with Crippen LogP contribution in [0.25, 0.3) is 0 Å². The highest BCUT2D eigenvalue weighted by Gasteiger charge is 2.04. The molecule has 0 aliphatic heterocycles. The molecule has 0 saturated carbocycles. The fourth-order valence-corrected chi connectivity index (χ4v) is 0.181. The van der Waals surface area contributed by atoms with E-state index in [1.54, 1.807) is 6.07 Å². The molecule has 0 aliphatic carbocycles. The summed E-state index contributed by atoms with van der Waals surface area (Å²) in [4.78, 5) is 0. The molecule has 0 aromatic carbocycles. The first kappa shape index (κ1) is 7.01. The number of aliphatic hydroxyl groups is 1. The van der Waals surface area contributed by atoms with E-state index in [0.717, 1.165) is 0 Å². The van der Waals surface area contributed by atoms with Gasteiger partial charge in [-0.15, -0.1) is 0 Å². The molecule has 0 aromatic heterocycles. The van der Waals surface area contributed by atoms with Gasteiger partial charge < -0.3 is 5.11 Å². The predicted octanol–water partition coefficient (Wildman–Crippen LogP) is 0.284. The Kier molecular flexibility index (Phi) is 2.06. The maximum absolute atomic E-state index is 8.82. The highest BCUT2D eigenvalue weighted by molar-refractivity contribution is 5.21. The summed E-state index contributed by atoms with van der Waals surface area (Å²) in [5, 5.41) is 16.7. The first-order valence-corrected chi connectivity index (χ1v) is 2.20. The van der Waals surface area contributed by atoms with Crippen LogP contribution in [-0.2, 0) is 0 Å². The van der Waals surface area contributed by atoms with Crippen molar-refractivity contribution in [2.45, 2.75) is 19.4 Å². The molecule has 0 fully saturated rings. The number of nitrogens with zero attached hydrogens (tertiary/aromatic N) is 1. The minimum Gasteiger partial charge on any atom is -0.378 e. The third-order valence-corrected chi connectivity index (χ3v) is 0.424. The number of hydrogen-bond acceptors (Lipinski definition) is 2. The lowest BCUT2D eigenvalue weighted by molar-refractivity contribution is 0.143. The van der Waals surface area contributed by atoms with Crippen molar-refractivity contribution in [1.82, 2.24) is 0 Å². The maximum atomic E-state index is 8.82. The van der Waals surface area contributed by atoms with Gasteiger partial charge in [-0.2, -0.15) is 5.26 Å². The zero-order chi connectivity index (χ0) is 6.62. The molecule has 0 rings (SSSR count). The molecule has 0 saturated heterocycles. The molecule has 0 radical (unpaired) electrons. The van der Waals surface area contributed by atoms with Crippen molar-refractivity contribution >= 4 is 0 Å². The molecule has 0 bridgehead atoms. The average Bonchev–Trinajstić information content (AvgIpc) is 1.59. The standard InChI is InChI=1S/C6H7NO/c1-6(2,8)4-3-5-7/h8H,1-2H3. The largest absolute Gasteiger partial charge is 0.378 e. The van der Waals surface area contributed by atoms with E-state index in [1.807, 2.05) is 0 Å². The van der Waals surface area contributed by atoms with Crippen LogP contribution in [0.3, 0.4) is 0 Å². The molecule has 42 valence electrons. The molecule has 0 heterocycles. The van der Waals surface area contributed by atoms with Crippen molar-refractivity contribution in [3.05, 3.63) is 0 Å². The van der Waals surface area contributed by atoms with Crippen LogP contribution in [0.15, 0.2) is 0 Å². The Balaban J connectivity index is 3.93. The Hall–Kier alpha value is -0.990. The molecular weight excluding hydrogens is 102 g/mol. The van der Waals surface area contributed by atoms with Crippen LogP contribution in [-0.4, -0.2) is 10.7 Å². The third kappa shape index (κ3) is 5.01. The molecule has 8 heavy (non-hydrogen) atoms. The third-order valence-electron chi connectivity index (χ3n) is 0.424. The van der Waals surface area contributed by atoms with Gasteiger partial charge in [-0.05, 0) is 13.8 Å². The van der Waals surface area contributed by atoms with Gasteiger partial charge in [0.15, 0.2) is 6.07 Å². The molecule has 0 aliphatic rings. The van der Waals surface area contributed by atoms with Crippen molar-refractivity contribution in [1.29, 1.82) is 5.26 Å². The van der Waals surface area contributed by atoms with Crippen LogP contribution in [0.5, 0.6) is 0 Å². The zero-order valence-corrected chi connectivity index (χ0v) is 4.89. The summed E-state index contributed by atoms with van der Waals surface area (Å²) in [6.07, 6.45) is 0. The summed E-state index contributed by atoms with van der Waals surface area (Å²) in [5.41, 5.74) is -1.03. The van der Waals surface area contributed by atoms with Gasteiger partial charge in [0.25, 0.3) is 0 Å². The van der Waals surface area contributed by atoms with Crippen molar-refractivity contribution in [2.24, 2.45) is 0 Å². The van der Waals surface area contributed by atoms with E-state index in [0.29, 0.717) is 0 Å². The average molecular weight is 109 g/mol. The van der Waals surface area contributed by atoms with Crippen molar-refractivity contribution in [2.75, 3.05) is 0 Å². The van der Waals surface area contributed by atoms with E-state index in [9.17, 15) is 0 Å². The van der Waals surface area contributed by atoms with E-state index < -0.39 is 5.60 Å². The highest BCUT2D eigenvalue weighted by Crippen LogP contribution is 1.95. The lowest BCUT2D eigenvalue weighted by Crippen LogP contribution is -2.14. The molecule has 0 aromatic rings. The minimum atomic E-state index is -1.03. The summed E-state index contributed by atoms with van der Waals surface area (Å²) < 4.78 is 0. The second-order valence-electron chi connectivity index (χ2n) is 1.92. The quantitative estimate of drug-likeness (QED) is 0.454. The van der Waals surface area contributed by atoms with Gasteiger partial charge in [0.1, 0.15) is 5.60 Å². The summed E-state index contributed by atoms with van der Waals surface area (Å²) >= 11 is 0. The summed E-state index contributed by atoms with van der Waals surface area (Å²) in [6, 6.07) is 1.60. The summed E-state index contributed by atoms with van der Waals surface area (Å²) in [6.45, 7) is 3.05. The first-order chi connectivity index (χ1) is 3.56. The molecule has 0 unspecified atom stereocenters. The fraction of sp³-hybridized carbons (Fsp3) is 0.500. The molecule has 2 nitrogen and oxygen atoms in total. The number of hydrogen-bond donors (Lipinski definition) is 1. The highest BCUT2D eigenvalue weighted by atomic mass is 16.3. The van der Waals surface area contributed by atoms with Crippen LogP contribution in [0, 0.1) is 23.2 Å². The smallest absolute Gasteiger partial charge is 0.152 e. The van der Waals surface area contributed by atoms with Crippen LogP contribution < -0.4 is 0 Å². The molecular formula is C6H7NO. The first-order valence-electron chi connectivity index (χ1n) is 2.20. The van der Waals surface area contributed by atoms with Crippen LogP contribution >= 0.6 is 0 Å². The summed E-state index contributed by atoms with van der Waals surface area (Å²) in [7, 11) is 0. The lowest BCUT2D eigenvalue weighted by atomic mass is 10.1. The Labute approximate surface area is 48.8 Å². The van der Waals surface area contributed by atoms with Crippen molar-refractivity contribution < 1.29 is 5.11 Å². The van der Waals surface area contributed by atoms with E-state index >= 15 is 0 Å². The van der Waals surface area contributed by atoms with Gasteiger partial charge in [-0.25, -0.2) is 0 Å².